The molecule has 0 spiro atoms. The van der Waals surface area contributed by atoms with Crippen LogP contribution in [0.5, 0.6) is 11.5 Å². The van der Waals surface area contributed by atoms with Crippen LogP contribution in [0.1, 0.15) is 37.5 Å². The topological polar surface area (TPSA) is 89.0 Å². The van der Waals surface area contributed by atoms with E-state index in [2.05, 4.69) is 4.98 Å². The molecule has 0 saturated carbocycles. The zero-order valence-corrected chi connectivity index (χ0v) is 19.6. The number of benzene rings is 2. The molecule has 0 radical (unpaired) electrons. The maximum absolute atomic E-state index is 13.7. The number of ketones is 1. The number of carbonyl (C=O) groups excluding carboxylic acids is 2. The lowest BCUT2D eigenvalue weighted by molar-refractivity contribution is -0.130. The first kappa shape index (κ1) is 22.5. The molecule has 1 aliphatic rings. The van der Waals surface area contributed by atoms with Crippen LogP contribution in [-0.4, -0.2) is 40.9 Å². The van der Waals surface area contributed by atoms with Gasteiger partial charge >= 0.3 is 0 Å². The van der Waals surface area contributed by atoms with Crippen LogP contribution in [0, 0.1) is 13.8 Å². The second kappa shape index (κ2) is 9.07. The van der Waals surface area contributed by atoms with E-state index >= 15 is 0 Å². The van der Waals surface area contributed by atoms with Crippen LogP contribution in [-0.2, 0) is 11.3 Å². The largest absolute Gasteiger partial charge is 0.503 e. The molecule has 0 aliphatic carbocycles. The van der Waals surface area contributed by atoms with E-state index in [-0.39, 0.29) is 12.1 Å². The van der Waals surface area contributed by atoms with E-state index < -0.39 is 23.5 Å². The number of hydrogen-bond acceptors (Lipinski definition) is 7. The van der Waals surface area contributed by atoms with Gasteiger partial charge in [-0.3, -0.25) is 9.59 Å². The Morgan fingerprint density at radius 3 is 2.42 bits per heavy atom. The highest BCUT2D eigenvalue weighted by Gasteiger charge is 2.45. The van der Waals surface area contributed by atoms with Crippen molar-refractivity contribution in [1.82, 2.24) is 9.88 Å². The molecule has 0 fully saturated rings. The summed E-state index contributed by atoms with van der Waals surface area (Å²) in [5, 5.41) is 11.7. The number of aliphatic hydroxyl groups excluding tert-OH is 1. The van der Waals surface area contributed by atoms with Crippen molar-refractivity contribution >= 4 is 23.0 Å². The molecule has 170 valence electrons. The molecule has 1 unspecified atom stereocenters. The number of carbonyl (C=O) groups is 2. The van der Waals surface area contributed by atoms with Crippen LogP contribution >= 0.6 is 11.3 Å². The number of aliphatic hydroxyl groups is 1. The number of ether oxygens (including phenoxy) is 2. The Morgan fingerprint density at radius 2 is 1.82 bits per heavy atom. The molecule has 2 aromatic carbocycles. The van der Waals surface area contributed by atoms with Crippen molar-refractivity contribution in [2.75, 3.05) is 14.2 Å². The first-order chi connectivity index (χ1) is 15.9. The molecule has 4 rings (SSSR count). The Hall–Kier alpha value is -3.65. The second-order valence-corrected chi connectivity index (χ2v) is 8.85. The van der Waals surface area contributed by atoms with Crippen molar-refractivity contribution in [3.8, 4) is 11.5 Å². The number of Topliss-reactive ketones (excluding diaryl/α,β-unsaturated/α-hetero) is 1. The standard InChI is InChI=1S/C25H24N2O5S/c1-14-24(33-15(2)26-14)21(28)19-20(17-11-8-12-18(31-3)23(17)32-4)27(25(30)22(19)29)13-16-9-6-5-7-10-16/h5-12,20,29H,13H2,1-4H3. The van der Waals surface area contributed by atoms with E-state index in [9.17, 15) is 14.7 Å². The van der Waals surface area contributed by atoms with Crippen molar-refractivity contribution in [3.05, 3.63) is 86.6 Å². The highest BCUT2D eigenvalue weighted by atomic mass is 32.1. The molecule has 2 heterocycles. The van der Waals surface area contributed by atoms with Gasteiger partial charge in [-0.15, -0.1) is 11.3 Å². The van der Waals surface area contributed by atoms with Crippen LogP contribution in [0.25, 0.3) is 0 Å². The fourth-order valence-corrected chi connectivity index (χ4v) is 5.02. The summed E-state index contributed by atoms with van der Waals surface area (Å²) in [4.78, 5) is 33.2. The molecule has 3 aromatic rings. The van der Waals surface area contributed by atoms with Crippen LogP contribution in [0.15, 0.2) is 59.9 Å². The molecular weight excluding hydrogens is 440 g/mol. The lowest BCUT2D eigenvalue weighted by Gasteiger charge is -2.28. The highest BCUT2D eigenvalue weighted by molar-refractivity contribution is 7.14. The van der Waals surface area contributed by atoms with Gasteiger partial charge < -0.3 is 19.5 Å². The maximum atomic E-state index is 13.7. The van der Waals surface area contributed by atoms with Crippen molar-refractivity contribution in [2.45, 2.75) is 26.4 Å². The number of amides is 1. The Morgan fingerprint density at radius 1 is 1.09 bits per heavy atom. The predicted octanol–water partition coefficient (Wildman–Crippen LogP) is 4.56. The van der Waals surface area contributed by atoms with Crippen molar-refractivity contribution < 1.29 is 24.2 Å². The number of hydrogen-bond donors (Lipinski definition) is 1. The number of rotatable bonds is 7. The lowest BCUT2D eigenvalue weighted by atomic mass is 9.93. The zero-order chi connectivity index (χ0) is 23.7. The van der Waals surface area contributed by atoms with Gasteiger partial charge in [-0.1, -0.05) is 42.5 Å². The van der Waals surface area contributed by atoms with E-state index in [1.54, 1.807) is 25.1 Å². The second-order valence-electron chi connectivity index (χ2n) is 7.64. The fourth-order valence-electron chi connectivity index (χ4n) is 4.14. The molecule has 1 atom stereocenters. The monoisotopic (exact) mass is 464 g/mol. The molecule has 8 heteroatoms. The minimum Gasteiger partial charge on any atom is -0.503 e. The Kier molecular flexibility index (Phi) is 6.20. The molecule has 1 N–H and O–H groups in total. The quantitative estimate of drug-likeness (QED) is 0.516. The summed E-state index contributed by atoms with van der Waals surface area (Å²) < 4.78 is 11.1. The number of aromatic nitrogens is 1. The molecule has 0 bridgehead atoms. The fraction of sp³-hybridized carbons (Fsp3) is 0.240. The normalized spacial score (nSPS) is 15.8. The number of para-hydroxylation sites is 1. The minimum absolute atomic E-state index is 0.00855. The molecular formula is C25H24N2O5S. The molecule has 7 nitrogen and oxygen atoms in total. The summed E-state index contributed by atoms with van der Waals surface area (Å²) >= 11 is 1.24. The van der Waals surface area contributed by atoms with Gasteiger partial charge in [0.25, 0.3) is 5.91 Å². The van der Waals surface area contributed by atoms with Gasteiger partial charge in [-0.25, -0.2) is 4.98 Å². The molecule has 1 aliphatic heterocycles. The Balaban J connectivity index is 1.90. The minimum atomic E-state index is -0.864. The van der Waals surface area contributed by atoms with Gasteiger partial charge in [0, 0.05) is 12.1 Å². The van der Waals surface area contributed by atoms with Crippen molar-refractivity contribution in [2.24, 2.45) is 0 Å². The summed E-state index contributed by atoms with van der Waals surface area (Å²) in [7, 11) is 3.02. The Bertz CT molecular complexity index is 1250. The van der Waals surface area contributed by atoms with E-state index in [0.717, 1.165) is 10.6 Å². The van der Waals surface area contributed by atoms with Crippen LogP contribution in [0.4, 0.5) is 0 Å². The van der Waals surface area contributed by atoms with Gasteiger partial charge in [0.15, 0.2) is 17.3 Å². The van der Waals surface area contributed by atoms with E-state index in [4.69, 9.17) is 9.47 Å². The third-order valence-electron chi connectivity index (χ3n) is 5.58. The Labute approximate surface area is 195 Å². The number of thiazole rings is 1. The van der Waals surface area contributed by atoms with Gasteiger partial charge in [-0.05, 0) is 25.5 Å². The number of aryl methyl sites for hydroxylation is 2. The average Bonchev–Trinajstić information content (AvgIpc) is 3.29. The summed E-state index contributed by atoms with van der Waals surface area (Å²) in [5.41, 5.74) is 1.98. The number of methoxy groups -OCH3 is 2. The average molecular weight is 465 g/mol. The zero-order valence-electron chi connectivity index (χ0n) is 18.8. The lowest BCUT2D eigenvalue weighted by Crippen LogP contribution is -2.31. The first-order valence-corrected chi connectivity index (χ1v) is 11.2. The third-order valence-corrected chi connectivity index (χ3v) is 6.65. The van der Waals surface area contributed by atoms with E-state index in [1.165, 1.54) is 30.5 Å². The third kappa shape index (κ3) is 3.98. The van der Waals surface area contributed by atoms with Crippen LogP contribution in [0.3, 0.4) is 0 Å². The van der Waals surface area contributed by atoms with Gasteiger partial charge in [-0.2, -0.15) is 0 Å². The van der Waals surface area contributed by atoms with E-state index in [0.29, 0.717) is 27.6 Å². The number of nitrogens with zero attached hydrogens (tertiary/aromatic N) is 2. The molecule has 0 saturated heterocycles. The van der Waals surface area contributed by atoms with Gasteiger partial charge in [0.1, 0.15) is 0 Å². The first-order valence-electron chi connectivity index (χ1n) is 10.3. The van der Waals surface area contributed by atoms with Crippen LogP contribution < -0.4 is 9.47 Å². The van der Waals surface area contributed by atoms with Gasteiger partial charge in [0.05, 0.1) is 41.4 Å². The van der Waals surface area contributed by atoms with E-state index in [1.807, 2.05) is 37.3 Å². The summed E-state index contributed by atoms with van der Waals surface area (Å²) in [6.07, 6.45) is 0. The van der Waals surface area contributed by atoms with Crippen LogP contribution in [0.2, 0.25) is 0 Å². The summed E-state index contributed by atoms with van der Waals surface area (Å²) in [6.45, 7) is 3.76. The maximum Gasteiger partial charge on any atom is 0.290 e. The SMILES string of the molecule is COc1cccc(C2C(C(=O)c3sc(C)nc3C)=C(O)C(=O)N2Cc2ccccc2)c1OC. The summed E-state index contributed by atoms with van der Waals surface area (Å²) in [6, 6.07) is 13.8. The van der Waals surface area contributed by atoms with Crippen molar-refractivity contribution in [3.63, 3.8) is 0 Å². The summed E-state index contributed by atoms with van der Waals surface area (Å²) in [5.74, 6) is -0.736. The highest BCUT2D eigenvalue weighted by Crippen LogP contribution is 2.46. The molecule has 33 heavy (non-hydrogen) atoms. The predicted molar refractivity (Wildman–Crippen MR) is 125 cm³/mol. The van der Waals surface area contributed by atoms with Crippen molar-refractivity contribution in [1.29, 1.82) is 0 Å². The van der Waals surface area contributed by atoms with Gasteiger partial charge in [0.2, 0.25) is 5.78 Å². The molecule has 1 amide bonds. The smallest absolute Gasteiger partial charge is 0.290 e. The molecule has 1 aromatic heterocycles.